The van der Waals surface area contributed by atoms with Crippen molar-refractivity contribution in [1.29, 1.82) is 0 Å². The highest BCUT2D eigenvalue weighted by Crippen LogP contribution is 2.20. The molecule has 0 aliphatic heterocycles. The molecular formula is C17H21NO3S. The van der Waals surface area contributed by atoms with E-state index in [2.05, 4.69) is 0 Å². The average molecular weight is 319 g/mol. The van der Waals surface area contributed by atoms with Crippen LogP contribution in [0.4, 0.5) is 0 Å². The Morgan fingerprint density at radius 1 is 1.05 bits per heavy atom. The molecule has 0 fully saturated rings. The molecule has 22 heavy (non-hydrogen) atoms. The Hall–Kier alpha value is -1.69. The van der Waals surface area contributed by atoms with Crippen molar-refractivity contribution in [2.24, 2.45) is 0 Å². The van der Waals surface area contributed by atoms with Gasteiger partial charge >= 0.3 is 0 Å². The van der Waals surface area contributed by atoms with Gasteiger partial charge in [0.2, 0.25) is 10.0 Å². The molecule has 0 bridgehead atoms. The van der Waals surface area contributed by atoms with Crippen LogP contribution in [0.3, 0.4) is 0 Å². The highest BCUT2D eigenvalue weighted by Gasteiger charge is 2.25. The second kappa shape index (κ2) is 7.05. The minimum Gasteiger partial charge on any atom is -0.387 e. The lowest BCUT2D eigenvalue weighted by atomic mass is 10.1. The van der Waals surface area contributed by atoms with E-state index in [0.717, 1.165) is 5.56 Å². The third kappa shape index (κ3) is 3.74. The lowest BCUT2D eigenvalue weighted by Gasteiger charge is -2.23. The standard InChI is InChI=1S/C17H21NO3S/c1-3-18(22(20,21)16-7-5-4-6-8-16)13-17(19)15-11-9-14(2)10-12-15/h4-12,17,19H,3,13H2,1-2H3. The van der Waals surface area contributed by atoms with Crippen LogP contribution in [0, 0.1) is 6.92 Å². The first kappa shape index (κ1) is 16.7. The van der Waals surface area contributed by atoms with E-state index in [1.54, 1.807) is 37.3 Å². The van der Waals surface area contributed by atoms with E-state index in [4.69, 9.17) is 0 Å². The van der Waals surface area contributed by atoms with Gasteiger partial charge in [-0.3, -0.25) is 0 Å². The first-order valence-corrected chi connectivity index (χ1v) is 8.69. The summed E-state index contributed by atoms with van der Waals surface area (Å²) in [6.07, 6.45) is -0.848. The predicted molar refractivity (Wildman–Crippen MR) is 87.0 cm³/mol. The highest BCUT2D eigenvalue weighted by atomic mass is 32.2. The van der Waals surface area contributed by atoms with E-state index in [0.29, 0.717) is 12.1 Å². The molecule has 0 aromatic heterocycles. The summed E-state index contributed by atoms with van der Waals surface area (Å²) in [5.74, 6) is 0. The minimum absolute atomic E-state index is 0.0385. The lowest BCUT2D eigenvalue weighted by Crippen LogP contribution is -2.34. The zero-order valence-electron chi connectivity index (χ0n) is 12.8. The molecule has 0 aliphatic carbocycles. The Kier molecular flexibility index (Phi) is 5.34. The summed E-state index contributed by atoms with van der Waals surface area (Å²) in [6, 6.07) is 15.7. The van der Waals surface area contributed by atoms with Gasteiger partial charge in [0.15, 0.2) is 0 Å². The molecule has 0 heterocycles. The van der Waals surface area contributed by atoms with Crippen LogP contribution in [0.2, 0.25) is 0 Å². The normalized spacial score (nSPS) is 13.3. The third-order valence-electron chi connectivity index (χ3n) is 3.57. The quantitative estimate of drug-likeness (QED) is 0.890. The van der Waals surface area contributed by atoms with Crippen molar-refractivity contribution in [2.75, 3.05) is 13.1 Å². The fraction of sp³-hybridized carbons (Fsp3) is 0.294. The maximum absolute atomic E-state index is 12.6. The summed E-state index contributed by atoms with van der Waals surface area (Å²) in [7, 11) is -3.59. The molecule has 0 amide bonds. The Balaban J connectivity index is 2.20. The van der Waals surface area contributed by atoms with Crippen molar-refractivity contribution in [2.45, 2.75) is 24.8 Å². The average Bonchev–Trinajstić information content (AvgIpc) is 2.53. The molecule has 2 aromatic carbocycles. The van der Waals surface area contributed by atoms with Crippen molar-refractivity contribution in [3.63, 3.8) is 0 Å². The second-order valence-electron chi connectivity index (χ2n) is 5.20. The van der Waals surface area contributed by atoms with Crippen LogP contribution in [0.5, 0.6) is 0 Å². The zero-order valence-corrected chi connectivity index (χ0v) is 13.6. The van der Waals surface area contributed by atoms with Crippen molar-refractivity contribution < 1.29 is 13.5 Å². The van der Waals surface area contributed by atoms with Crippen LogP contribution in [0.1, 0.15) is 24.2 Å². The van der Waals surface area contributed by atoms with E-state index >= 15 is 0 Å². The largest absolute Gasteiger partial charge is 0.387 e. The Bertz CT molecular complexity index is 696. The number of aryl methyl sites for hydroxylation is 1. The Morgan fingerprint density at radius 2 is 1.64 bits per heavy atom. The van der Waals surface area contributed by atoms with Gasteiger partial charge in [0, 0.05) is 13.1 Å². The number of hydrogen-bond acceptors (Lipinski definition) is 3. The molecule has 118 valence electrons. The van der Waals surface area contributed by atoms with Crippen LogP contribution >= 0.6 is 0 Å². The number of hydrogen-bond donors (Lipinski definition) is 1. The molecule has 0 saturated carbocycles. The summed E-state index contributed by atoms with van der Waals surface area (Å²) in [5.41, 5.74) is 1.81. The summed E-state index contributed by atoms with van der Waals surface area (Å²) in [6.45, 7) is 4.08. The fourth-order valence-electron chi connectivity index (χ4n) is 2.23. The first-order chi connectivity index (χ1) is 10.4. The van der Waals surface area contributed by atoms with Gasteiger partial charge in [-0.05, 0) is 24.6 Å². The highest BCUT2D eigenvalue weighted by molar-refractivity contribution is 7.89. The summed E-state index contributed by atoms with van der Waals surface area (Å²) in [5, 5.41) is 10.3. The first-order valence-electron chi connectivity index (χ1n) is 7.25. The van der Waals surface area contributed by atoms with Crippen molar-refractivity contribution in [3.05, 3.63) is 65.7 Å². The molecular weight excluding hydrogens is 298 g/mol. The predicted octanol–water partition coefficient (Wildman–Crippen LogP) is 2.74. The smallest absolute Gasteiger partial charge is 0.243 e. The third-order valence-corrected chi connectivity index (χ3v) is 5.53. The van der Waals surface area contributed by atoms with Gasteiger partial charge < -0.3 is 5.11 Å². The van der Waals surface area contributed by atoms with Gasteiger partial charge in [0.05, 0.1) is 11.0 Å². The molecule has 0 spiro atoms. The number of aliphatic hydroxyl groups is 1. The van der Waals surface area contributed by atoms with E-state index in [1.807, 2.05) is 31.2 Å². The van der Waals surface area contributed by atoms with E-state index in [-0.39, 0.29) is 11.4 Å². The lowest BCUT2D eigenvalue weighted by molar-refractivity contribution is 0.149. The van der Waals surface area contributed by atoms with E-state index in [1.165, 1.54) is 4.31 Å². The van der Waals surface area contributed by atoms with Crippen LogP contribution in [-0.4, -0.2) is 30.9 Å². The number of likely N-dealkylation sites (N-methyl/N-ethyl adjacent to an activating group) is 1. The van der Waals surface area contributed by atoms with Gasteiger partial charge in [-0.2, -0.15) is 4.31 Å². The summed E-state index contributed by atoms with van der Waals surface area (Å²) >= 11 is 0. The number of nitrogens with zero attached hydrogens (tertiary/aromatic N) is 1. The Labute approximate surface area is 132 Å². The molecule has 2 aromatic rings. The van der Waals surface area contributed by atoms with E-state index < -0.39 is 16.1 Å². The number of rotatable bonds is 6. The van der Waals surface area contributed by atoms with Crippen molar-refractivity contribution >= 4 is 10.0 Å². The molecule has 1 unspecified atom stereocenters. The molecule has 0 aliphatic rings. The van der Waals surface area contributed by atoms with Crippen LogP contribution in [0.25, 0.3) is 0 Å². The van der Waals surface area contributed by atoms with Crippen LogP contribution in [-0.2, 0) is 10.0 Å². The molecule has 1 atom stereocenters. The van der Waals surface area contributed by atoms with Gasteiger partial charge in [-0.25, -0.2) is 8.42 Å². The van der Waals surface area contributed by atoms with E-state index in [9.17, 15) is 13.5 Å². The second-order valence-corrected chi connectivity index (χ2v) is 7.13. The summed E-state index contributed by atoms with van der Waals surface area (Å²) < 4.78 is 26.5. The number of sulfonamides is 1. The molecule has 4 nitrogen and oxygen atoms in total. The molecule has 0 radical (unpaired) electrons. The Morgan fingerprint density at radius 3 is 2.18 bits per heavy atom. The maximum Gasteiger partial charge on any atom is 0.243 e. The fourth-order valence-corrected chi connectivity index (χ4v) is 3.70. The van der Waals surface area contributed by atoms with Crippen molar-refractivity contribution in [1.82, 2.24) is 4.31 Å². The SMILES string of the molecule is CCN(CC(O)c1ccc(C)cc1)S(=O)(=O)c1ccccc1. The number of benzene rings is 2. The molecule has 5 heteroatoms. The van der Waals surface area contributed by atoms with Gasteiger partial charge in [-0.15, -0.1) is 0 Å². The number of aliphatic hydroxyl groups excluding tert-OH is 1. The molecule has 1 N–H and O–H groups in total. The van der Waals surface area contributed by atoms with Crippen LogP contribution in [0.15, 0.2) is 59.5 Å². The summed E-state index contributed by atoms with van der Waals surface area (Å²) in [4.78, 5) is 0.243. The van der Waals surface area contributed by atoms with Crippen LogP contribution < -0.4 is 0 Å². The maximum atomic E-state index is 12.6. The minimum atomic E-state index is -3.59. The topological polar surface area (TPSA) is 57.6 Å². The molecule has 2 rings (SSSR count). The monoisotopic (exact) mass is 319 g/mol. The zero-order chi connectivity index (χ0) is 16.2. The van der Waals surface area contributed by atoms with Crippen molar-refractivity contribution in [3.8, 4) is 0 Å². The molecule has 0 saturated heterocycles. The van der Waals surface area contributed by atoms with Gasteiger partial charge in [0.25, 0.3) is 0 Å². The van der Waals surface area contributed by atoms with Gasteiger partial charge in [-0.1, -0.05) is 55.0 Å². The van der Waals surface area contributed by atoms with Gasteiger partial charge in [0.1, 0.15) is 0 Å².